The fourth-order valence-corrected chi connectivity index (χ4v) is 2.40. The molecule has 0 spiro atoms. The highest BCUT2D eigenvalue weighted by Gasteiger charge is 2.22. The van der Waals surface area contributed by atoms with Crippen LogP contribution in [0.1, 0.15) is 47.9 Å². The van der Waals surface area contributed by atoms with Gasteiger partial charge in [0, 0.05) is 46.3 Å². The molecule has 0 saturated carbocycles. The maximum Gasteiger partial charge on any atom is 0.253 e. The van der Waals surface area contributed by atoms with E-state index in [-0.39, 0.29) is 26.5 Å². The van der Waals surface area contributed by atoms with Gasteiger partial charge in [0.25, 0.3) is 11.8 Å². The molecule has 0 saturated heterocycles. The molecule has 0 atom stereocenters. The third kappa shape index (κ3) is 8.39. The van der Waals surface area contributed by atoms with Gasteiger partial charge in [-0.1, -0.05) is 18.6 Å². The van der Waals surface area contributed by atoms with Crippen molar-refractivity contribution in [2.45, 2.75) is 39.5 Å². The summed E-state index contributed by atoms with van der Waals surface area (Å²) in [5.41, 5.74) is 7.13. The van der Waals surface area contributed by atoms with E-state index in [9.17, 15) is 19.2 Å². The standard InChI is InChI=1S/C10H14N2O3.C10H12N2O.2H2/c11-8(13)4-2-1-3-7-12-9(14)5-6-10(12)15;1-7(11)9-3-5-10(6-4-9)12-8(2)13;;/h5-6H,1-4,7H2,(H2,11,13);3-6,11H,1-2H3,(H,12,13);2*1H. The molecule has 8 heteroatoms. The summed E-state index contributed by atoms with van der Waals surface area (Å²) in [6, 6.07) is 7.20. The van der Waals surface area contributed by atoms with Crippen molar-refractivity contribution in [3.8, 4) is 0 Å². The van der Waals surface area contributed by atoms with Crippen LogP contribution < -0.4 is 11.1 Å². The zero-order valence-corrected chi connectivity index (χ0v) is 16.2. The number of amides is 4. The van der Waals surface area contributed by atoms with E-state index in [1.807, 2.05) is 12.1 Å². The minimum atomic E-state index is -0.315. The molecule has 4 amide bonds. The van der Waals surface area contributed by atoms with Crippen LogP contribution in [-0.4, -0.2) is 40.8 Å². The Hall–Kier alpha value is -3.29. The van der Waals surface area contributed by atoms with Gasteiger partial charge >= 0.3 is 0 Å². The molecule has 0 radical (unpaired) electrons. The Morgan fingerprint density at radius 1 is 1.04 bits per heavy atom. The minimum absolute atomic E-state index is 0. The Morgan fingerprint density at radius 3 is 2.07 bits per heavy atom. The van der Waals surface area contributed by atoms with Crippen LogP contribution >= 0.6 is 0 Å². The lowest BCUT2D eigenvalue weighted by molar-refractivity contribution is -0.137. The van der Waals surface area contributed by atoms with Gasteiger partial charge in [-0.25, -0.2) is 0 Å². The van der Waals surface area contributed by atoms with Gasteiger partial charge < -0.3 is 16.5 Å². The van der Waals surface area contributed by atoms with Gasteiger partial charge in [-0.05, 0) is 37.5 Å². The maximum atomic E-state index is 11.1. The number of unbranched alkanes of at least 4 members (excludes halogenated alkanes) is 2. The number of nitrogens with one attached hydrogen (secondary N) is 2. The fourth-order valence-electron chi connectivity index (χ4n) is 2.40. The van der Waals surface area contributed by atoms with Crippen molar-refractivity contribution >= 4 is 35.0 Å². The molecular formula is C20H30N4O4. The second kappa shape index (κ2) is 11.4. The average molecular weight is 390 g/mol. The predicted octanol–water partition coefficient (Wildman–Crippen LogP) is 2.48. The average Bonchev–Trinajstić information content (AvgIpc) is 2.93. The van der Waals surface area contributed by atoms with Gasteiger partial charge in [-0.2, -0.15) is 0 Å². The number of benzene rings is 1. The third-order valence-electron chi connectivity index (χ3n) is 3.84. The molecule has 1 heterocycles. The van der Waals surface area contributed by atoms with E-state index in [2.05, 4.69) is 5.32 Å². The number of hydrogen-bond donors (Lipinski definition) is 3. The number of imide groups is 1. The predicted molar refractivity (Wildman–Crippen MR) is 111 cm³/mol. The van der Waals surface area contributed by atoms with Crippen LogP contribution in [0.15, 0.2) is 36.4 Å². The van der Waals surface area contributed by atoms with E-state index in [1.54, 1.807) is 19.1 Å². The molecule has 154 valence electrons. The molecule has 1 aromatic carbocycles. The summed E-state index contributed by atoms with van der Waals surface area (Å²) in [5, 5.41) is 10.0. The van der Waals surface area contributed by atoms with E-state index >= 15 is 0 Å². The highest BCUT2D eigenvalue weighted by Crippen LogP contribution is 2.09. The van der Waals surface area contributed by atoms with Crippen LogP contribution in [0.2, 0.25) is 0 Å². The number of anilines is 1. The van der Waals surface area contributed by atoms with E-state index in [4.69, 9.17) is 11.1 Å². The molecule has 0 unspecified atom stereocenters. The fraction of sp³-hybridized carbons (Fsp3) is 0.350. The Bertz CT molecular complexity index is 762. The number of nitrogens with zero attached hydrogens (tertiary/aromatic N) is 1. The molecule has 0 aliphatic carbocycles. The van der Waals surface area contributed by atoms with Crippen molar-refractivity contribution in [3.05, 3.63) is 42.0 Å². The van der Waals surface area contributed by atoms with Crippen molar-refractivity contribution in [2.75, 3.05) is 11.9 Å². The van der Waals surface area contributed by atoms with Crippen molar-refractivity contribution in [1.82, 2.24) is 4.90 Å². The zero-order chi connectivity index (χ0) is 21.1. The van der Waals surface area contributed by atoms with E-state index in [0.29, 0.717) is 31.5 Å². The first-order valence-corrected chi connectivity index (χ1v) is 8.95. The number of carbonyl (C=O) groups excluding carboxylic acids is 4. The number of nitrogens with two attached hydrogens (primary N) is 1. The molecule has 2 rings (SSSR count). The molecule has 0 bridgehead atoms. The lowest BCUT2D eigenvalue weighted by atomic mass is 10.1. The Labute approximate surface area is 167 Å². The molecular weight excluding hydrogens is 360 g/mol. The van der Waals surface area contributed by atoms with Crippen LogP contribution in [0, 0.1) is 5.41 Å². The second-order valence-corrected chi connectivity index (χ2v) is 6.32. The Morgan fingerprint density at radius 2 is 1.61 bits per heavy atom. The van der Waals surface area contributed by atoms with Crippen molar-refractivity contribution in [3.63, 3.8) is 0 Å². The van der Waals surface area contributed by atoms with Crippen LogP contribution in [0.3, 0.4) is 0 Å². The van der Waals surface area contributed by atoms with Crippen LogP contribution in [-0.2, 0) is 19.2 Å². The first kappa shape index (κ1) is 22.8. The lowest BCUT2D eigenvalue weighted by Crippen LogP contribution is -2.30. The summed E-state index contributed by atoms with van der Waals surface area (Å²) in [6.45, 7) is 3.62. The zero-order valence-electron chi connectivity index (χ0n) is 16.2. The molecule has 0 aromatic heterocycles. The SMILES string of the molecule is CC(=N)c1ccc(NC(C)=O)cc1.NC(=O)CCCCCN1C(=O)C=CC1=O.[HH].[HH]. The minimum Gasteiger partial charge on any atom is -0.370 e. The van der Waals surface area contributed by atoms with Gasteiger partial charge in [0.2, 0.25) is 11.8 Å². The summed E-state index contributed by atoms with van der Waals surface area (Å²) in [4.78, 5) is 44.5. The van der Waals surface area contributed by atoms with E-state index in [0.717, 1.165) is 17.7 Å². The van der Waals surface area contributed by atoms with Crippen molar-refractivity contribution in [1.29, 1.82) is 5.41 Å². The summed E-state index contributed by atoms with van der Waals surface area (Å²) >= 11 is 0. The Kier molecular flexibility index (Phi) is 9.29. The normalized spacial score (nSPS) is 12.4. The molecule has 28 heavy (non-hydrogen) atoms. The van der Waals surface area contributed by atoms with Crippen molar-refractivity contribution < 1.29 is 22.0 Å². The summed E-state index contributed by atoms with van der Waals surface area (Å²) in [7, 11) is 0. The van der Waals surface area contributed by atoms with E-state index < -0.39 is 0 Å². The van der Waals surface area contributed by atoms with Gasteiger partial charge in [0.05, 0.1) is 0 Å². The maximum absolute atomic E-state index is 11.1. The van der Waals surface area contributed by atoms with Gasteiger partial charge in [-0.3, -0.25) is 24.1 Å². The lowest BCUT2D eigenvalue weighted by Gasteiger charge is -2.12. The van der Waals surface area contributed by atoms with Crippen LogP contribution in [0.4, 0.5) is 5.69 Å². The number of hydrogen-bond acceptors (Lipinski definition) is 5. The molecule has 4 N–H and O–H groups in total. The van der Waals surface area contributed by atoms with E-state index in [1.165, 1.54) is 24.0 Å². The number of rotatable bonds is 8. The molecule has 8 nitrogen and oxygen atoms in total. The van der Waals surface area contributed by atoms with Crippen LogP contribution in [0.5, 0.6) is 0 Å². The molecule has 1 aromatic rings. The second-order valence-electron chi connectivity index (χ2n) is 6.32. The quantitative estimate of drug-likeness (QED) is 0.357. The largest absolute Gasteiger partial charge is 0.370 e. The number of primary amides is 1. The first-order valence-electron chi connectivity index (χ1n) is 8.95. The first-order chi connectivity index (χ1) is 13.2. The number of carbonyl (C=O) groups is 4. The summed E-state index contributed by atoms with van der Waals surface area (Å²) in [6.07, 6.45) is 5.11. The topological polar surface area (TPSA) is 133 Å². The van der Waals surface area contributed by atoms with Gasteiger partial charge in [0.1, 0.15) is 0 Å². The summed E-state index contributed by atoms with van der Waals surface area (Å²) < 4.78 is 0. The van der Waals surface area contributed by atoms with Gasteiger partial charge in [0.15, 0.2) is 0 Å². The monoisotopic (exact) mass is 390 g/mol. The summed E-state index contributed by atoms with van der Waals surface area (Å²) in [5.74, 6) is -0.908. The molecule has 1 aliphatic heterocycles. The van der Waals surface area contributed by atoms with Crippen molar-refractivity contribution in [2.24, 2.45) is 5.73 Å². The van der Waals surface area contributed by atoms with Gasteiger partial charge in [-0.15, -0.1) is 0 Å². The molecule has 0 fully saturated rings. The molecule has 1 aliphatic rings. The highest BCUT2D eigenvalue weighted by atomic mass is 16.2. The smallest absolute Gasteiger partial charge is 0.253 e. The van der Waals surface area contributed by atoms with Crippen LogP contribution in [0.25, 0.3) is 0 Å². The third-order valence-corrected chi connectivity index (χ3v) is 3.84. The Balaban J connectivity index is 0. The highest BCUT2D eigenvalue weighted by molar-refractivity contribution is 6.12.